The Kier molecular flexibility index (Phi) is 5.30. The zero-order chi connectivity index (χ0) is 20.7. The van der Waals surface area contributed by atoms with E-state index in [1.807, 2.05) is 12.3 Å². The second-order valence-electron chi connectivity index (χ2n) is 10.4. The van der Waals surface area contributed by atoms with Gasteiger partial charge in [0.15, 0.2) is 5.65 Å². The molecule has 1 aliphatic carbocycles. The zero-order valence-electron chi connectivity index (χ0n) is 18.4. The van der Waals surface area contributed by atoms with Crippen molar-refractivity contribution in [2.24, 2.45) is 11.3 Å². The van der Waals surface area contributed by atoms with Crippen molar-refractivity contribution in [3.63, 3.8) is 0 Å². The van der Waals surface area contributed by atoms with Crippen molar-refractivity contribution < 1.29 is 4.79 Å². The first kappa shape index (κ1) is 20.0. The number of imidazole rings is 1. The van der Waals surface area contributed by atoms with Crippen LogP contribution in [-0.2, 0) is 17.8 Å². The van der Waals surface area contributed by atoms with E-state index in [2.05, 4.69) is 39.7 Å². The minimum Gasteiger partial charge on any atom is -0.340 e. The molecule has 2 bridgehead atoms. The molecule has 2 aromatic rings. The summed E-state index contributed by atoms with van der Waals surface area (Å²) in [6.07, 6.45) is 10.6. The van der Waals surface area contributed by atoms with Gasteiger partial charge < -0.3 is 14.8 Å². The minimum atomic E-state index is 0.0527. The molecule has 1 saturated carbocycles. The number of pyridine rings is 1. The Morgan fingerprint density at radius 2 is 1.97 bits per heavy atom. The van der Waals surface area contributed by atoms with Crippen LogP contribution in [0, 0.1) is 11.3 Å². The molecule has 3 aliphatic rings. The molecule has 2 saturated heterocycles. The molecular formula is C24H35N5O. The van der Waals surface area contributed by atoms with Crippen LogP contribution >= 0.6 is 0 Å². The van der Waals surface area contributed by atoms with Gasteiger partial charge in [0.05, 0.1) is 0 Å². The Balaban J connectivity index is 1.39. The van der Waals surface area contributed by atoms with Crippen molar-refractivity contribution in [2.45, 2.75) is 83.8 Å². The molecule has 1 N–H and O–H groups in total. The number of hydrogen-bond acceptors (Lipinski definition) is 4. The van der Waals surface area contributed by atoms with Gasteiger partial charge >= 0.3 is 0 Å². The third-order valence-electron chi connectivity index (χ3n) is 7.42. The average molecular weight is 410 g/mol. The molecule has 3 fully saturated rings. The number of nitrogens with zero attached hydrogens (tertiary/aromatic N) is 4. The number of piperazine rings is 1. The molecule has 0 aromatic carbocycles. The Morgan fingerprint density at radius 3 is 2.67 bits per heavy atom. The van der Waals surface area contributed by atoms with Gasteiger partial charge in [-0.2, -0.15) is 0 Å². The smallest absolute Gasteiger partial charge is 0.223 e. The van der Waals surface area contributed by atoms with Crippen LogP contribution in [0.25, 0.3) is 11.2 Å². The summed E-state index contributed by atoms with van der Waals surface area (Å²) in [6, 6.07) is 5.04. The highest BCUT2D eigenvalue weighted by Gasteiger charge is 2.41. The van der Waals surface area contributed by atoms with Gasteiger partial charge in [0, 0.05) is 50.8 Å². The number of amides is 1. The Morgan fingerprint density at radius 1 is 1.23 bits per heavy atom. The monoisotopic (exact) mass is 409 g/mol. The first-order valence-electron chi connectivity index (χ1n) is 11.9. The van der Waals surface area contributed by atoms with Crippen molar-refractivity contribution in [2.75, 3.05) is 13.1 Å². The van der Waals surface area contributed by atoms with Gasteiger partial charge in [-0.1, -0.05) is 26.7 Å². The molecule has 4 heterocycles. The molecule has 6 heteroatoms. The number of hydrogen-bond donors (Lipinski definition) is 1. The van der Waals surface area contributed by atoms with Gasteiger partial charge in [0.2, 0.25) is 5.91 Å². The van der Waals surface area contributed by atoms with Gasteiger partial charge in [-0.3, -0.25) is 4.79 Å². The highest BCUT2D eigenvalue weighted by Crippen LogP contribution is 2.44. The van der Waals surface area contributed by atoms with Crippen LogP contribution in [0.3, 0.4) is 0 Å². The fourth-order valence-electron chi connectivity index (χ4n) is 6.01. The van der Waals surface area contributed by atoms with Crippen molar-refractivity contribution in [3.8, 4) is 0 Å². The molecule has 0 spiro atoms. The third kappa shape index (κ3) is 3.86. The van der Waals surface area contributed by atoms with E-state index in [0.717, 1.165) is 55.9 Å². The van der Waals surface area contributed by atoms with Crippen LogP contribution in [0.15, 0.2) is 18.3 Å². The van der Waals surface area contributed by atoms with E-state index in [4.69, 9.17) is 4.98 Å². The summed E-state index contributed by atoms with van der Waals surface area (Å²) in [6.45, 7) is 7.19. The van der Waals surface area contributed by atoms with E-state index >= 15 is 0 Å². The molecule has 2 atom stereocenters. The molecule has 6 nitrogen and oxygen atoms in total. The lowest BCUT2D eigenvalue weighted by molar-refractivity contribution is -0.135. The van der Waals surface area contributed by atoms with Crippen molar-refractivity contribution in [3.05, 3.63) is 24.2 Å². The maximum atomic E-state index is 13.4. The lowest BCUT2D eigenvalue weighted by Crippen LogP contribution is -2.53. The maximum absolute atomic E-state index is 13.4. The average Bonchev–Trinajstić information content (AvgIpc) is 3.40. The molecule has 2 aromatic heterocycles. The number of carbonyl (C=O) groups is 1. The molecule has 1 amide bonds. The summed E-state index contributed by atoms with van der Waals surface area (Å²) in [4.78, 5) is 25.1. The fourth-order valence-corrected chi connectivity index (χ4v) is 6.01. The topological polar surface area (TPSA) is 63.1 Å². The first-order chi connectivity index (χ1) is 14.5. The summed E-state index contributed by atoms with van der Waals surface area (Å²) < 4.78 is 2.32. The van der Waals surface area contributed by atoms with E-state index in [-0.39, 0.29) is 5.41 Å². The largest absolute Gasteiger partial charge is 0.340 e. The predicted octanol–water partition coefficient (Wildman–Crippen LogP) is 3.54. The summed E-state index contributed by atoms with van der Waals surface area (Å²) in [5.74, 6) is 2.01. The highest BCUT2D eigenvalue weighted by atomic mass is 16.2. The van der Waals surface area contributed by atoms with E-state index in [1.54, 1.807) is 0 Å². The zero-order valence-corrected chi connectivity index (χ0v) is 18.4. The predicted molar refractivity (Wildman–Crippen MR) is 118 cm³/mol. The van der Waals surface area contributed by atoms with E-state index in [9.17, 15) is 4.79 Å². The van der Waals surface area contributed by atoms with E-state index in [1.165, 1.54) is 25.7 Å². The second-order valence-corrected chi connectivity index (χ2v) is 10.4. The summed E-state index contributed by atoms with van der Waals surface area (Å²) in [5.41, 5.74) is 2.02. The lowest BCUT2D eigenvalue weighted by Gasteiger charge is -2.36. The van der Waals surface area contributed by atoms with Crippen LogP contribution in [0.5, 0.6) is 0 Å². The van der Waals surface area contributed by atoms with Crippen LogP contribution in [0.1, 0.15) is 64.6 Å². The Hall–Kier alpha value is -1.95. The van der Waals surface area contributed by atoms with Crippen molar-refractivity contribution >= 4 is 17.1 Å². The number of rotatable bonds is 6. The number of aromatic nitrogens is 3. The highest BCUT2D eigenvalue weighted by molar-refractivity contribution is 5.77. The maximum Gasteiger partial charge on any atom is 0.223 e. The molecule has 2 aliphatic heterocycles. The third-order valence-corrected chi connectivity index (χ3v) is 7.42. The molecule has 5 rings (SSSR count). The van der Waals surface area contributed by atoms with Gasteiger partial charge in [-0.15, -0.1) is 0 Å². The number of likely N-dealkylation sites (tertiary alicyclic amines) is 1. The van der Waals surface area contributed by atoms with Gasteiger partial charge in [0.1, 0.15) is 11.3 Å². The normalized spacial score (nSPS) is 25.5. The van der Waals surface area contributed by atoms with Crippen LogP contribution in [0.4, 0.5) is 0 Å². The van der Waals surface area contributed by atoms with Gasteiger partial charge in [0.25, 0.3) is 0 Å². The van der Waals surface area contributed by atoms with Crippen LogP contribution in [-0.4, -0.2) is 50.5 Å². The minimum absolute atomic E-state index is 0.0527. The molecule has 162 valence electrons. The van der Waals surface area contributed by atoms with E-state index in [0.29, 0.717) is 30.3 Å². The first-order valence-corrected chi connectivity index (χ1v) is 11.9. The van der Waals surface area contributed by atoms with Gasteiger partial charge in [-0.25, -0.2) is 9.97 Å². The Labute approximate surface area is 179 Å². The van der Waals surface area contributed by atoms with Crippen molar-refractivity contribution in [1.82, 2.24) is 24.8 Å². The van der Waals surface area contributed by atoms with Crippen LogP contribution in [0.2, 0.25) is 0 Å². The fraction of sp³-hybridized carbons (Fsp3) is 0.708. The summed E-state index contributed by atoms with van der Waals surface area (Å²) >= 11 is 0. The molecule has 30 heavy (non-hydrogen) atoms. The number of carbonyl (C=O) groups excluding carboxylic acids is 1. The summed E-state index contributed by atoms with van der Waals surface area (Å²) in [5, 5.41) is 3.64. The standard InChI is InChI=1S/C24H35N5O/c1-17(2)14-29-21(27-20-6-5-11-25-23(20)29)12-24(9-3-4-10-24)13-22(30)28-15-18-7-8-19(16-28)26-18/h5-6,11,17-19,26H,3-4,7-10,12-16H2,1-2H3. The molecule has 2 unspecified atom stereocenters. The number of fused-ring (bicyclic) bond motifs is 3. The van der Waals surface area contributed by atoms with Crippen LogP contribution < -0.4 is 5.32 Å². The molecule has 0 radical (unpaired) electrons. The second kappa shape index (κ2) is 7.95. The Bertz CT molecular complexity index is 901. The molecular weight excluding hydrogens is 374 g/mol. The number of nitrogens with one attached hydrogen (secondary N) is 1. The van der Waals surface area contributed by atoms with Gasteiger partial charge in [-0.05, 0) is 49.1 Å². The SMILES string of the molecule is CC(C)Cn1c(CC2(CC(=O)N3CC4CCC(C3)N4)CCCC2)nc2cccnc21. The summed E-state index contributed by atoms with van der Waals surface area (Å²) in [7, 11) is 0. The van der Waals surface area contributed by atoms with Crippen molar-refractivity contribution in [1.29, 1.82) is 0 Å². The quantitative estimate of drug-likeness (QED) is 0.793. The van der Waals surface area contributed by atoms with E-state index < -0.39 is 0 Å². The lowest BCUT2D eigenvalue weighted by atomic mass is 9.78.